The van der Waals surface area contributed by atoms with Crippen LogP contribution in [0.3, 0.4) is 0 Å². The molecule has 1 aliphatic heterocycles. The molecule has 1 atom stereocenters. The number of aliphatic imine (C=N–C) groups is 1. The van der Waals surface area contributed by atoms with Crippen molar-refractivity contribution in [2.45, 2.75) is 58.5 Å². The Morgan fingerprint density at radius 2 is 1.96 bits per heavy atom. The van der Waals surface area contributed by atoms with Gasteiger partial charge in [-0.3, -0.25) is 4.99 Å². The van der Waals surface area contributed by atoms with Crippen LogP contribution < -0.4 is 15.5 Å². The maximum atomic E-state index is 4.66. The minimum atomic E-state index is 0.436. The smallest absolute Gasteiger partial charge is 0.191 e. The molecule has 1 aromatic rings. The van der Waals surface area contributed by atoms with Crippen molar-refractivity contribution in [3.8, 4) is 0 Å². The van der Waals surface area contributed by atoms with Gasteiger partial charge in [-0.2, -0.15) is 0 Å². The highest BCUT2D eigenvalue weighted by Gasteiger charge is 2.15. The predicted molar refractivity (Wildman–Crippen MR) is 116 cm³/mol. The number of unbranched alkanes of at least 4 members (excludes halogenated alkanes) is 3. The van der Waals surface area contributed by atoms with E-state index >= 15 is 0 Å². The van der Waals surface area contributed by atoms with Gasteiger partial charge in [0.15, 0.2) is 5.96 Å². The molecule has 0 saturated carbocycles. The first-order chi connectivity index (χ1) is 13.1. The van der Waals surface area contributed by atoms with Gasteiger partial charge in [0.2, 0.25) is 0 Å². The topological polar surface area (TPSA) is 55.8 Å². The molecule has 1 saturated heterocycles. The molecular formula is C21H38N6. The van der Waals surface area contributed by atoms with E-state index in [-0.39, 0.29) is 0 Å². The standard InChI is InChI=1S/C21H38N6/c1-5-6-7-8-9-18(2)25-21(22-3)24-17-19-10-11-20(23-16-19)27-14-12-26(4)13-15-27/h10-11,16,18H,5-9,12-15,17H2,1-4H3,(H2,22,24,25). The van der Waals surface area contributed by atoms with Gasteiger partial charge >= 0.3 is 0 Å². The van der Waals surface area contributed by atoms with Gasteiger partial charge in [-0.1, -0.05) is 38.7 Å². The Hall–Kier alpha value is -1.82. The third-order valence-corrected chi connectivity index (χ3v) is 5.19. The molecule has 1 aromatic heterocycles. The van der Waals surface area contributed by atoms with Crippen LogP contribution in [0.4, 0.5) is 5.82 Å². The monoisotopic (exact) mass is 374 g/mol. The fraction of sp³-hybridized carbons (Fsp3) is 0.714. The lowest BCUT2D eigenvalue weighted by Gasteiger charge is -2.33. The summed E-state index contributed by atoms with van der Waals surface area (Å²) in [6.07, 6.45) is 8.37. The van der Waals surface area contributed by atoms with Crippen LogP contribution >= 0.6 is 0 Å². The molecule has 0 amide bonds. The van der Waals surface area contributed by atoms with E-state index in [1.807, 2.05) is 13.2 Å². The second-order valence-corrected chi connectivity index (χ2v) is 7.64. The van der Waals surface area contributed by atoms with Gasteiger partial charge in [0.25, 0.3) is 0 Å². The zero-order valence-electron chi connectivity index (χ0n) is 17.7. The summed E-state index contributed by atoms with van der Waals surface area (Å²) in [5.74, 6) is 1.94. The molecule has 1 aliphatic rings. The van der Waals surface area contributed by atoms with Crippen molar-refractivity contribution in [1.82, 2.24) is 20.5 Å². The summed E-state index contributed by atoms with van der Waals surface area (Å²) in [4.78, 5) is 13.7. The molecule has 1 unspecified atom stereocenters. The van der Waals surface area contributed by atoms with Crippen LogP contribution in [-0.2, 0) is 6.54 Å². The Kier molecular flexibility index (Phi) is 9.39. The Labute approximate surface area is 165 Å². The second-order valence-electron chi connectivity index (χ2n) is 7.64. The van der Waals surface area contributed by atoms with Gasteiger partial charge in [-0.25, -0.2) is 4.98 Å². The van der Waals surface area contributed by atoms with Crippen LogP contribution in [0.25, 0.3) is 0 Å². The van der Waals surface area contributed by atoms with Crippen molar-refractivity contribution in [1.29, 1.82) is 0 Å². The van der Waals surface area contributed by atoms with Crippen molar-refractivity contribution < 1.29 is 0 Å². The molecular weight excluding hydrogens is 336 g/mol. The summed E-state index contributed by atoms with van der Waals surface area (Å²) in [5.41, 5.74) is 1.17. The van der Waals surface area contributed by atoms with Crippen molar-refractivity contribution in [3.05, 3.63) is 23.9 Å². The number of hydrogen-bond acceptors (Lipinski definition) is 4. The van der Waals surface area contributed by atoms with Gasteiger partial charge < -0.3 is 20.4 Å². The molecule has 6 nitrogen and oxygen atoms in total. The first-order valence-corrected chi connectivity index (χ1v) is 10.5. The van der Waals surface area contributed by atoms with Gasteiger partial charge in [-0.15, -0.1) is 0 Å². The van der Waals surface area contributed by atoms with E-state index in [0.29, 0.717) is 6.04 Å². The number of rotatable bonds is 9. The lowest BCUT2D eigenvalue weighted by atomic mass is 10.1. The first kappa shape index (κ1) is 21.5. The molecule has 0 aromatic carbocycles. The molecule has 152 valence electrons. The number of piperazine rings is 1. The predicted octanol–water partition coefficient (Wildman–Crippen LogP) is 2.86. The van der Waals surface area contributed by atoms with Crippen molar-refractivity contribution in [2.24, 2.45) is 4.99 Å². The average molecular weight is 375 g/mol. The molecule has 2 rings (SSSR count). The zero-order valence-corrected chi connectivity index (χ0v) is 17.7. The molecule has 0 aliphatic carbocycles. The highest BCUT2D eigenvalue weighted by molar-refractivity contribution is 5.79. The van der Waals surface area contributed by atoms with Crippen LogP contribution in [0, 0.1) is 0 Å². The highest BCUT2D eigenvalue weighted by atomic mass is 15.3. The summed E-state index contributed by atoms with van der Waals surface area (Å²) in [7, 11) is 4.00. The number of likely N-dealkylation sites (N-methyl/N-ethyl adjacent to an activating group) is 1. The molecule has 27 heavy (non-hydrogen) atoms. The summed E-state index contributed by atoms with van der Waals surface area (Å²) in [5, 5.41) is 6.89. The van der Waals surface area contributed by atoms with Crippen LogP contribution in [-0.4, -0.2) is 62.2 Å². The van der Waals surface area contributed by atoms with Crippen LogP contribution in [0.5, 0.6) is 0 Å². The number of nitrogens with zero attached hydrogens (tertiary/aromatic N) is 4. The van der Waals surface area contributed by atoms with E-state index in [4.69, 9.17) is 0 Å². The number of hydrogen-bond donors (Lipinski definition) is 2. The third-order valence-electron chi connectivity index (χ3n) is 5.19. The SMILES string of the molecule is CCCCCCC(C)NC(=NC)NCc1ccc(N2CCN(C)CC2)nc1. The fourth-order valence-corrected chi connectivity index (χ4v) is 3.31. The summed E-state index contributed by atoms with van der Waals surface area (Å²) < 4.78 is 0. The molecule has 6 heteroatoms. The van der Waals surface area contributed by atoms with Gasteiger partial charge in [0, 0.05) is 52.0 Å². The molecule has 2 N–H and O–H groups in total. The maximum absolute atomic E-state index is 4.66. The lowest BCUT2D eigenvalue weighted by Crippen LogP contribution is -2.44. The molecule has 0 radical (unpaired) electrons. The summed E-state index contributed by atoms with van der Waals surface area (Å²) in [6.45, 7) is 9.51. The van der Waals surface area contributed by atoms with Crippen molar-refractivity contribution in [2.75, 3.05) is 45.2 Å². The first-order valence-electron chi connectivity index (χ1n) is 10.5. The highest BCUT2D eigenvalue weighted by Crippen LogP contribution is 2.13. The van der Waals surface area contributed by atoms with E-state index in [0.717, 1.165) is 44.5 Å². The fourth-order valence-electron chi connectivity index (χ4n) is 3.31. The van der Waals surface area contributed by atoms with E-state index in [1.165, 1.54) is 37.7 Å². The molecule has 0 bridgehead atoms. The Bertz CT molecular complexity index is 548. The summed E-state index contributed by atoms with van der Waals surface area (Å²) >= 11 is 0. The molecule has 1 fully saturated rings. The lowest BCUT2D eigenvalue weighted by molar-refractivity contribution is 0.312. The number of guanidine groups is 1. The van der Waals surface area contributed by atoms with E-state index in [2.05, 4.69) is 63.4 Å². The Morgan fingerprint density at radius 1 is 1.19 bits per heavy atom. The van der Waals surface area contributed by atoms with Crippen LogP contribution in [0.1, 0.15) is 51.5 Å². The Balaban J connectivity index is 1.74. The largest absolute Gasteiger partial charge is 0.354 e. The van der Waals surface area contributed by atoms with Crippen LogP contribution in [0.15, 0.2) is 23.3 Å². The molecule has 0 spiro atoms. The van der Waals surface area contributed by atoms with Crippen molar-refractivity contribution in [3.63, 3.8) is 0 Å². The maximum Gasteiger partial charge on any atom is 0.191 e. The number of pyridine rings is 1. The third kappa shape index (κ3) is 7.75. The molecule has 2 heterocycles. The second kappa shape index (κ2) is 11.8. The minimum absolute atomic E-state index is 0.436. The van der Waals surface area contributed by atoms with Crippen molar-refractivity contribution >= 4 is 11.8 Å². The minimum Gasteiger partial charge on any atom is -0.354 e. The number of aromatic nitrogens is 1. The van der Waals surface area contributed by atoms with Gasteiger partial charge in [0.05, 0.1) is 0 Å². The van der Waals surface area contributed by atoms with Gasteiger partial charge in [0.1, 0.15) is 5.82 Å². The quantitative estimate of drug-likeness (QED) is 0.395. The number of anilines is 1. The van der Waals surface area contributed by atoms with E-state index in [1.54, 1.807) is 0 Å². The normalized spacial score (nSPS) is 17.0. The number of nitrogens with one attached hydrogen (secondary N) is 2. The van der Waals surface area contributed by atoms with Crippen LogP contribution in [0.2, 0.25) is 0 Å². The summed E-state index contributed by atoms with van der Waals surface area (Å²) in [6, 6.07) is 4.73. The zero-order chi connectivity index (χ0) is 19.5. The Morgan fingerprint density at radius 3 is 2.59 bits per heavy atom. The van der Waals surface area contributed by atoms with Gasteiger partial charge in [-0.05, 0) is 32.0 Å². The van der Waals surface area contributed by atoms with E-state index in [9.17, 15) is 0 Å². The average Bonchev–Trinajstić information content (AvgIpc) is 2.69. The van der Waals surface area contributed by atoms with E-state index < -0.39 is 0 Å².